The molecule has 8 atom stereocenters. The molecule has 0 aliphatic carbocycles. The van der Waals surface area contributed by atoms with E-state index in [0.29, 0.717) is 12.8 Å². The highest BCUT2D eigenvalue weighted by Gasteiger charge is 2.45. The van der Waals surface area contributed by atoms with Crippen LogP contribution in [0, 0.1) is 0 Å². The highest BCUT2D eigenvalue weighted by molar-refractivity contribution is 5.76. The van der Waals surface area contributed by atoms with Crippen molar-refractivity contribution in [2.75, 3.05) is 6.61 Å². The van der Waals surface area contributed by atoms with Gasteiger partial charge in [-0.2, -0.15) is 0 Å². The molecule has 1 fully saturated rings. The van der Waals surface area contributed by atoms with E-state index in [1.807, 2.05) is 0 Å². The molecule has 1 saturated heterocycles. The molecule has 1 aliphatic rings. The van der Waals surface area contributed by atoms with Gasteiger partial charge in [-0.3, -0.25) is 4.79 Å². The number of amides is 1. The molecule has 0 radical (unpaired) electrons. The van der Waals surface area contributed by atoms with Crippen LogP contribution in [0.15, 0.2) is 6.20 Å². The van der Waals surface area contributed by atoms with E-state index in [1.54, 1.807) is 10.9 Å². The summed E-state index contributed by atoms with van der Waals surface area (Å²) in [6.45, 7) is 6.44. The predicted molar refractivity (Wildman–Crippen MR) is 277 cm³/mol. The van der Waals surface area contributed by atoms with Crippen molar-refractivity contribution < 1.29 is 39.8 Å². The molecule has 12 heteroatoms. The van der Waals surface area contributed by atoms with Crippen LogP contribution < -0.4 is 5.32 Å². The number of carbonyl (C=O) groups is 1. The van der Waals surface area contributed by atoms with Gasteiger partial charge in [0.1, 0.15) is 30.5 Å². The van der Waals surface area contributed by atoms with Gasteiger partial charge in [-0.25, -0.2) is 4.68 Å². The highest BCUT2D eigenvalue weighted by atomic mass is 16.7. The number of nitrogens with one attached hydrogen (secondary N) is 1. The Bertz CT molecular complexity index is 1270. The SMILES string of the molecule is CCCCCCCCCCCCCCCCCCCCCCCCCC(=O)N[C@@H](CO[C@H]1O[C@H](Cn2nncc2CCCC)[C@H](O)[C@H](O)[C@H]1O)[C@H](O)[C@H](O)CCCCCCCCCCCCCC. The zero-order valence-corrected chi connectivity index (χ0v) is 44.2. The number of aryl methyl sites for hydroxylation is 1. The average molecular weight is 965 g/mol. The maximum Gasteiger partial charge on any atom is 0.220 e. The topological polar surface area (TPSA) is 179 Å². The van der Waals surface area contributed by atoms with E-state index in [0.717, 1.165) is 63.5 Å². The molecule has 0 unspecified atom stereocenters. The lowest BCUT2D eigenvalue weighted by atomic mass is 9.98. The van der Waals surface area contributed by atoms with E-state index < -0.39 is 49.0 Å². The third-order valence-corrected chi connectivity index (χ3v) is 14.5. The van der Waals surface area contributed by atoms with Gasteiger partial charge in [0.15, 0.2) is 6.29 Å². The Kier molecular flexibility index (Phi) is 39.5. The number of rotatable bonds is 48. The standard InChI is InChI=1S/C56H108N4O8/c1-4-7-10-12-14-16-18-20-21-22-23-24-25-26-27-28-29-30-32-34-36-38-40-43-51(62)58-48(52(63)49(61)42-39-37-35-33-31-19-17-15-13-11-8-5-2)46-67-56-55(66)54(65)53(64)50(68-56)45-60-47(41-9-6-3)44-57-59-60/h44,48-50,52-56,61,63-66H,4-43,45-46H2,1-3H3,(H,58,62)/t48-,49+,50+,52-,53-,54-,55+,56-/m0/s1. The number of ether oxygens (including phenoxy) is 2. The second-order valence-corrected chi connectivity index (χ2v) is 20.8. The van der Waals surface area contributed by atoms with Gasteiger partial charge in [-0.05, 0) is 25.7 Å². The largest absolute Gasteiger partial charge is 0.390 e. The molecule has 1 aromatic rings. The van der Waals surface area contributed by atoms with Crippen LogP contribution in [0.2, 0.25) is 0 Å². The summed E-state index contributed by atoms with van der Waals surface area (Å²) < 4.78 is 13.6. The summed E-state index contributed by atoms with van der Waals surface area (Å²) in [5.74, 6) is -0.233. The second kappa shape index (κ2) is 43.0. The number of aliphatic hydroxyl groups is 5. The van der Waals surface area contributed by atoms with Gasteiger partial charge >= 0.3 is 0 Å². The fourth-order valence-electron chi connectivity index (χ4n) is 9.77. The summed E-state index contributed by atoms with van der Waals surface area (Å²) in [6, 6.07) is -0.978. The van der Waals surface area contributed by atoms with E-state index in [-0.39, 0.29) is 19.1 Å². The van der Waals surface area contributed by atoms with E-state index >= 15 is 0 Å². The van der Waals surface area contributed by atoms with Crippen LogP contribution in [0.5, 0.6) is 0 Å². The van der Waals surface area contributed by atoms with E-state index in [1.165, 1.54) is 186 Å². The smallest absolute Gasteiger partial charge is 0.220 e. The number of aromatic nitrogens is 3. The third-order valence-electron chi connectivity index (χ3n) is 14.5. The summed E-state index contributed by atoms with van der Waals surface area (Å²) in [5, 5.41) is 66.2. The van der Waals surface area contributed by atoms with Crippen molar-refractivity contribution >= 4 is 5.91 Å². The Morgan fingerprint density at radius 2 is 1.00 bits per heavy atom. The second-order valence-electron chi connectivity index (χ2n) is 20.8. The van der Waals surface area contributed by atoms with Gasteiger partial charge in [0, 0.05) is 6.42 Å². The molecule has 2 rings (SSSR count). The van der Waals surface area contributed by atoms with Gasteiger partial charge in [-0.1, -0.05) is 251 Å². The Morgan fingerprint density at radius 3 is 1.44 bits per heavy atom. The Labute approximate surface area is 416 Å². The highest BCUT2D eigenvalue weighted by Crippen LogP contribution is 2.25. The zero-order chi connectivity index (χ0) is 49.3. The molecule has 0 aromatic carbocycles. The van der Waals surface area contributed by atoms with Crippen molar-refractivity contribution in [3.8, 4) is 0 Å². The lowest BCUT2D eigenvalue weighted by molar-refractivity contribution is -0.301. The molecular formula is C56H108N4O8. The summed E-state index contributed by atoms with van der Waals surface area (Å²) >= 11 is 0. The van der Waals surface area contributed by atoms with Crippen molar-refractivity contribution in [1.29, 1.82) is 0 Å². The first-order valence-electron chi connectivity index (χ1n) is 29.1. The molecule has 12 nitrogen and oxygen atoms in total. The van der Waals surface area contributed by atoms with E-state index in [2.05, 4.69) is 36.4 Å². The van der Waals surface area contributed by atoms with Gasteiger partial charge in [-0.15, -0.1) is 5.10 Å². The normalized spacial score (nSPS) is 19.9. The van der Waals surface area contributed by atoms with Crippen molar-refractivity contribution in [3.05, 3.63) is 11.9 Å². The lowest BCUT2D eigenvalue weighted by Crippen LogP contribution is -2.60. The summed E-state index contributed by atoms with van der Waals surface area (Å²) in [4.78, 5) is 13.3. The first-order chi connectivity index (χ1) is 33.2. The quantitative estimate of drug-likeness (QED) is 0.0344. The van der Waals surface area contributed by atoms with Crippen LogP contribution in [0.4, 0.5) is 0 Å². The monoisotopic (exact) mass is 965 g/mol. The van der Waals surface area contributed by atoms with Crippen molar-refractivity contribution in [2.24, 2.45) is 0 Å². The molecular weight excluding hydrogens is 857 g/mol. The number of carbonyl (C=O) groups excluding carboxylic acids is 1. The van der Waals surface area contributed by atoms with Gasteiger partial charge in [0.05, 0.1) is 37.2 Å². The average Bonchev–Trinajstić information content (AvgIpc) is 3.79. The van der Waals surface area contributed by atoms with Crippen LogP contribution in [-0.4, -0.2) is 102 Å². The number of hydrogen-bond donors (Lipinski definition) is 6. The summed E-state index contributed by atoms with van der Waals surface area (Å²) in [5.41, 5.74) is 0.870. The number of aliphatic hydroxyl groups excluding tert-OH is 5. The molecule has 0 spiro atoms. The fraction of sp³-hybridized carbons (Fsp3) is 0.946. The van der Waals surface area contributed by atoms with Gasteiger partial charge in [0.25, 0.3) is 0 Å². The molecule has 1 aromatic heterocycles. The van der Waals surface area contributed by atoms with Crippen molar-refractivity contribution in [3.63, 3.8) is 0 Å². The predicted octanol–water partition coefficient (Wildman–Crippen LogP) is 12.1. The summed E-state index contributed by atoms with van der Waals surface area (Å²) in [6.07, 6.45) is 40.3. The minimum atomic E-state index is -1.58. The Hall–Kier alpha value is -1.67. The van der Waals surface area contributed by atoms with Crippen LogP contribution in [0.1, 0.15) is 277 Å². The van der Waals surface area contributed by atoms with Gasteiger partial charge < -0.3 is 40.3 Å². The number of hydrogen-bond acceptors (Lipinski definition) is 10. The van der Waals surface area contributed by atoms with Crippen LogP contribution in [-0.2, 0) is 27.2 Å². The number of unbranched alkanes of at least 4 members (excludes halogenated alkanes) is 34. The van der Waals surface area contributed by atoms with Crippen LogP contribution in [0.25, 0.3) is 0 Å². The molecule has 68 heavy (non-hydrogen) atoms. The van der Waals surface area contributed by atoms with E-state index in [4.69, 9.17) is 9.47 Å². The minimum Gasteiger partial charge on any atom is -0.390 e. The maximum atomic E-state index is 13.3. The third kappa shape index (κ3) is 30.3. The molecule has 0 saturated carbocycles. The van der Waals surface area contributed by atoms with Gasteiger partial charge in [0.2, 0.25) is 5.91 Å². The Morgan fingerprint density at radius 1 is 0.588 bits per heavy atom. The number of nitrogens with zero attached hydrogens (tertiary/aromatic N) is 3. The van der Waals surface area contributed by atoms with E-state index in [9.17, 15) is 30.3 Å². The minimum absolute atomic E-state index is 0.0873. The fourth-order valence-corrected chi connectivity index (χ4v) is 9.77. The first-order valence-corrected chi connectivity index (χ1v) is 29.1. The molecule has 0 bridgehead atoms. The first kappa shape index (κ1) is 62.4. The molecule has 400 valence electrons. The maximum absolute atomic E-state index is 13.3. The lowest BCUT2D eigenvalue weighted by Gasteiger charge is -2.41. The van der Waals surface area contributed by atoms with Crippen LogP contribution >= 0.6 is 0 Å². The van der Waals surface area contributed by atoms with Crippen molar-refractivity contribution in [1.82, 2.24) is 20.3 Å². The van der Waals surface area contributed by atoms with Crippen molar-refractivity contribution in [2.45, 2.75) is 333 Å². The summed E-state index contributed by atoms with van der Waals surface area (Å²) in [7, 11) is 0. The van der Waals surface area contributed by atoms with Crippen LogP contribution in [0.3, 0.4) is 0 Å². The molecule has 1 amide bonds. The Balaban J connectivity index is 1.72. The molecule has 6 N–H and O–H groups in total. The molecule has 1 aliphatic heterocycles. The molecule has 2 heterocycles. The zero-order valence-electron chi connectivity index (χ0n) is 44.2.